The molecule has 1 saturated carbocycles. The Hall–Kier alpha value is -1.58. The molecule has 0 spiro atoms. The van der Waals surface area contributed by atoms with Gasteiger partial charge in [0.2, 0.25) is 0 Å². The molecule has 1 N–H and O–H groups in total. The molecule has 1 amide bonds. The van der Waals surface area contributed by atoms with Crippen molar-refractivity contribution in [2.45, 2.75) is 51.7 Å². The monoisotopic (exact) mass is 262 g/mol. The van der Waals surface area contributed by atoms with Gasteiger partial charge in [-0.3, -0.25) is 4.98 Å². The lowest BCUT2D eigenvalue weighted by Crippen LogP contribution is -2.37. The zero-order chi connectivity index (χ0) is 13.5. The maximum absolute atomic E-state index is 11.7. The molecule has 1 aromatic heterocycles. The van der Waals surface area contributed by atoms with Crippen molar-refractivity contribution >= 4 is 6.09 Å². The van der Waals surface area contributed by atoms with Crippen LogP contribution in [-0.4, -0.2) is 17.1 Å². The van der Waals surface area contributed by atoms with Gasteiger partial charge in [0.25, 0.3) is 0 Å². The van der Waals surface area contributed by atoms with Gasteiger partial charge < -0.3 is 10.1 Å². The number of carbonyl (C=O) groups excluding carboxylic acids is 1. The van der Waals surface area contributed by atoms with Crippen LogP contribution in [0, 0.1) is 5.92 Å². The van der Waals surface area contributed by atoms with Crippen molar-refractivity contribution in [2.75, 3.05) is 0 Å². The zero-order valence-electron chi connectivity index (χ0n) is 11.5. The summed E-state index contributed by atoms with van der Waals surface area (Å²) in [6.07, 6.45) is 8.91. The van der Waals surface area contributed by atoms with Gasteiger partial charge in [0.05, 0.1) is 0 Å². The summed E-state index contributed by atoms with van der Waals surface area (Å²) in [5.41, 5.74) is 0.910. The van der Waals surface area contributed by atoms with E-state index in [1.807, 2.05) is 12.1 Å². The second-order valence-corrected chi connectivity index (χ2v) is 5.21. The van der Waals surface area contributed by atoms with Crippen LogP contribution in [0.4, 0.5) is 4.79 Å². The third-order valence-electron chi connectivity index (χ3n) is 3.84. The summed E-state index contributed by atoms with van der Waals surface area (Å²) in [4.78, 5) is 15.7. The highest BCUT2D eigenvalue weighted by Crippen LogP contribution is 2.26. The summed E-state index contributed by atoms with van der Waals surface area (Å²) in [5, 5.41) is 2.95. The number of nitrogens with zero attached hydrogens (tertiary/aromatic N) is 1. The van der Waals surface area contributed by atoms with E-state index in [4.69, 9.17) is 4.74 Å². The predicted molar refractivity (Wildman–Crippen MR) is 73.6 cm³/mol. The van der Waals surface area contributed by atoms with Crippen LogP contribution < -0.4 is 5.32 Å². The number of hydrogen-bond acceptors (Lipinski definition) is 3. The van der Waals surface area contributed by atoms with Gasteiger partial charge in [-0.25, -0.2) is 4.79 Å². The second-order valence-electron chi connectivity index (χ2n) is 5.21. The summed E-state index contributed by atoms with van der Waals surface area (Å²) in [6.45, 7) is 2.52. The van der Waals surface area contributed by atoms with E-state index >= 15 is 0 Å². The highest BCUT2D eigenvalue weighted by atomic mass is 16.5. The van der Waals surface area contributed by atoms with E-state index in [1.54, 1.807) is 12.4 Å². The number of amides is 1. The SMILES string of the molecule is CCC1CCC(NC(=O)OCc2cccnc2)CC1. The first-order valence-corrected chi connectivity index (χ1v) is 7.10. The predicted octanol–water partition coefficient (Wildman–Crippen LogP) is 3.28. The number of hydrogen-bond donors (Lipinski definition) is 1. The van der Waals surface area contributed by atoms with Gasteiger partial charge in [-0.05, 0) is 37.7 Å². The van der Waals surface area contributed by atoms with Crippen LogP contribution in [0.25, 0.3) is 0 Å². The molecule has 0 unspecified atom stereocenters. The van der Waals surface area contributed by atoms with Gasteiger partial charge in [-0.1, -0.05) is 19.4 Å². The molecule has 1 aromatic rings. The zero-order valence-corrected chi connectivity index (χ0v) is 11.5. The van der Waals surface area contributed by atoms with Crippen molar-refractivity contribution in [3.8, 4) is 0 Å². The number of alkyl carbamates (subject to hydrolysis) is 1. The van der Waals surface area contributed by atoms with Gasteiger partial charge in [-0.15, -0.1) is 0 Å². The molecule has 0 radical (unpaired) electrons. The third-order valence-corrected chi connectivity index (χ3v) is 3.84. The van der Waals surface area contributed by atoms with Gasteiger partial charge in [0, 0.05) is 24.0 Å². The van der Waals surface area contributed by atoms with Crippen LogP contribution in [-0.2, 0) is 11.3 Å². The molecule has 1 heterocycles. The van der Waals surface area contributed by atoms with Gasteiger partial charge in [0.1, 0.15) is 6.61 Å². The Balaban J connectivity index is 1.67. The lowest BCUT2D eigenvalue weighted by molar-refractivity contribution is 0.131. The Labute approximate surface area is 114 Å². The summed E-state index contributed by atoms with van der Waals surface area (Å²) in [7, 11) is 0. The average molecular weight is 262 g/mol. The number of carbonyl (C=O) groups is 1. The molecule has 0 aromatic carbocycles. The van der Waals surface area contributed by atoms with Gasteiger partial charge in [-0.2, -0.15) is 0 Å². The molecule has 19 heavy (non-hydrogen) atoms. The molecule has 0 bridgehead atoms. The van der Waals surface area contributed by atoms with E-state index in [9.17, 15) is 4.79 Å². The van der Waals surface area contributed by atoms with Crippen molar-refractivity contribution in [3.63, 3.8) is 0 Å². The van der Waals surface area contributed by atoms with Crippen molar-refractivity contribution in [3.05, 3.63) is 30.1 Å². The number of pyridine rings is 1. The lowest BCUT2D eigenvalue weighted by atomic mass is 9.85. The first-order chi connectivity index (χ1) is 9.28. The van der Waals surface area contributed by atoms with E-state index in [0.717, 1.165) is 24.3 Å². The molecule has 2 rings (SSSR count). The molecule has 0 aliphatic heterocycles. The maximum Gasteiger partial charge on any atom is 0.407 e. The smallest absolute Gasteiger partial charge is 0.407 e. The molecule has 104 valence electrons. The summed E-state index contributed by atoms with van der Waals surface area (Å²) in [6, 6.07) is 4.01. The normalized spacial score (nSPS) is 22.8. The fraction of sp³-hybridized carbons (Fsp3) is 0.600. The number of aromatic nitrogens is 1. The molecule has 4 heteroatoms. The summed E-state index contributed by atoms with van der Waals surface area (Å²) in [5.74, 6) is 0.837. The van der Waals surface area contributed by atoms with E-state index in [2.05, 4.69) is 17.2 Å². The standard InChI is InChI=1S/C15H22N2O2/c1-2-12-5-7-14(8-6-12)17-15(18)19-11-13-4-3-9-16-10-13/h3-4,9-10,12,14H,2,5-8,11H2,1H3,(H,17,18). The molecule has 0 atom stereocenters. The fourth-order valence-corrected chi connectivity index (χ4v) is 2.56. The number of nitrogens with one attached hydrogen (secondary N) is 1. The number of ether oxygens (including phenoxy) is 1. The van der Waals surface area contributed by atoms with Crippen LogP contribution in [0.1, 0.15) is 44.6 Å². The molecule has 0 saturated heterocycles. The minimum atomic E-state index is -0.316. The van der Waals surface area contributed by atoms with Gasteiger partial charge in [0.15, 0.2) is 0 Å². The van der Waals surface area contributed by atoms with E-state index in [-0.39, 0.29) is 18.7 Å². The second kappa shape index (κ2) is 7.12. The minimum absolute atomic E-state index is 0.282. The Bertz CT molecular complexity index is 386. The average Bonchev–Trinajstić information content (AvgIpc) is 2.47. The van der Waals surface area contributed by atoms with E-state index < -0.39 is 0 Å². The van der Waals surface area contributed by atoms with Crippen molar-refractivity contribution in [1.82, 2.24) is 10.3 Å². The third kappa shape index (κ3) is 4.54. The Morgan fingerprint density at radius 1 is 1.42 bits per heavy atom. The first kappa shape index (κ1) is 13.8. The molecule has 1 aliphatic rings. The summed E-state index contributed by atoms with van der Waals surface area (Å²) >= 11 is 0. The largest absolute Gasteiger partial charge is 0.445 e. The molecular formula is C15H22N2O2. The van der Waals surface area contributed by atoms with Crippen LogP contribution >= 0.6 is 0 Å². The maximum atomic E-state index is 11.7. The topological polar surface area (TPSA) is 51.2 Å². The molecule has 1 aliphatic carbocycles. The van der Waals surface area contributed by atoms with Crippen molar-refractivity contribution in [2.24, 2.45) is 5.92 Å². The fourth-order valence-electron chi connectivity index (χ4n) is 2.56. The van der Waals surface area contributed by atoms with Crippen LogP contribution in [0.15, 0.2) is 24.5 Å². The Morgan fingerprint density at radius 2 is 2.21 bits per heavy atom. The van der Waals surface area contributed by atoms with Crippen molar-refractivity contribution in [1.29, 1.82) is 0 Å². The lowest BCUT2D eigenvalue weighted by Gasteiger charge is -2.28. The first-order valence-electron chi connectivity index (χ1n) is 7.10. The highest BCUT2D eigenvalue weighted by Gasteiger charge is 2.21. The highest BCUT2D eigenvalue weighted by molar-refractivity contribution is 5.67. The van der Waals surface area contributed by atoms with Crippen molar-refractivity contribution < 1.29 is 9.53 Å². The minimum Gasteiger partial charge on any atom is -0.445 e. The summed E-state index contributed by atoms with van der Waals surface area (Å²) < 4.78 is 5.19. The molecule has 1 fully saturated rings. The number of rotatable bonds is 4. The van der Waals surface area contributed by atoms with Crippen LogP contribution in [0.3, 0.4) is 0 Å². The Kier molecular flexibility index (Phi) is 5.19. The van der Waals surface area contributed by atoms with E-state index in [0.29, 0.717) is 0 Å². The van der Waals surface area contributed by atoms with E-state index in [1.165, 1.54) is 19.3 Å². The van der Waals surface area contributed by atoms with Crippen LogP contribution in [0.2, 0.25) is 0 Å². The molecule has 4 nitrogen and oxygen atoms in total. The quantitative estimate of drug-likeness (QED) is 0.906. The molecular weight excluding hydrogens is 240 g/mol. The Morgan fingerprint density at radius 3 is 2.84 bits per heavy atom. The van der Waals surface area contributed by atoms with Crippen LogP contribution in [0.5, 0.6) is 0 Å². The van der Waals surface area contributed by atoms with Gasteiger partial charge >= 0.3 is 6.09 Å².